The van der Waals surface area contributed by atoms with Gasteiger partial charge in [-0.15, -0.1) is 0 Å². The molecule has 0 bridgehead atoms. The number of aliphatic carboxylic acids is 1. The monoisotopic (exact) mass is 245 g/mol. The van der Waals surface area contributed by atoms with Gasteiger partial charge >= 0.3 is 5.97 Å². The molecule has 1 aliphatic carbocycles. The summed E-state index contributed by atoms with van der Waals surface area (Å²) < 4.78 is 0. The summed E-state index contributed by atoms with van der Waals surface area (Å²) in [6.45, 7) is 1.64. The number of fused-ring (bicyclic) bond motifs is 1. The summed E-state index contributed by atoms with van der Waals surface area (Å²) in [4.78, 5) is 20.0. The fourth-order valence-corrected chi connectivity index (χ4v) is 2.85. The highest BCUT2D eigenvalue weighted by molar-refractivity contribution is 5.77. The SMILES string of the molecule is O=C(O)C(c1ncnc2c1CC=C2)C1CCNC1. The third-order valence-corrected chi connectivity index (χ3v) is 3.74. The van der Waals surface area contributed by atoms with Crippen molar-refractivity contribution in [3.05, 3.63) is 29.4 Å². The fraction of sp³-hybridized carbons (Fsp3) is 0.462. The molecule has 2 N–H and O–H groups in total. The second kappa shape index (κ2) is 4.49. The van der Waals surface area contributed by atoms with E-state index in [2.05, 4.69) is 15.3 Å². The van der Waals surface area contributed by atoms with Gasteiger partial charge in [-0.1, -0.05) is 6.08 Å². The Bertz CT molecular complexity index is 507. The van der Waals surface area contributed by atoms with Crippen LogP contribution in [0.2, 0.25) is 0 Å². The smallest absolute Gasteiger partial charge is 0.312 e. The zero-order chi connectivity index (χ0) is 12.5. The molecule has 5 nitrogen and oxygen atoms in total. The van der Waals surface area contributed by atoms with Crippen LogP contribution in [0, 0.1) is 5.92 Å². The molecule has 1 aliphatic heterocycles. The molecule has 0 amide bonds. The molecule has 3 rings (SSSR count). The Labute approximate surface area is 105 Å². The van der Waals surface area contributed by atoms with Gasteiger partial charge in [-0.3, -0.25) is 4.79 Å². The second-order valence-corrected chi connectivity index (χ2v) is 4.80. The first-order chi connectivity index (χ1) is 8.77. The van der Waals surface area contributed by atoms with Crippen LogP contribution in [0.15, 0.2) is 12.4 Å². The predicted molar refractivity (Wildman–Crippen MR) is 66.1 cm³/mol. The summed E-state index contributed by atoms with van der Waals surface area (Å²) in [7, 11) is 0. The van der Waals surface area contributed by atoms with Crippen LogP contribution in [-0.4, -0.2) is 34.1 Å². The Hall–Kier alpha value is -1.75. The lowest BCUT2D eigenvalue weighted by Crippen LogP contribution is -2.25. The average molecular weight is 245 g/mol. The summed E-state index contributed by atoms with van der Waals surface area (Å²) in [5.41, 5.74) is 2.56. The largest absolute Gasteiger partial charge is 0.481 e. The summed E-state index contributed by atoms with van der Waals surface area (Å²) in [5.74, 6) is -1.17. The minimum atomic E-state index is -0.781. The molecule has 0 radical (unpaired) electrons. The number of aromatic nitrogens is 2. The van der Waals surface area contributed by atoms with Gasteiger partial charge in [0.15, 0.2) is 0 Å². The first-order valence-corrected chi connectivity index (χ1v) is 6.21. The summed E-state index contributed by atoms with van der Waals surface area (Å²) in [5, 5.41) is 12.7. The molecular weight excluding hydrogens is 230 g/mol. The molecule has 2 heterocycles. The number of carboxylic acid groups (broad SMARTS) is 1. The van der Waals surface area contributed by atoms with E-state index >= 15 is 0 Å². The molecule has 2 aliphatic rings. The van der Waals surface area contributed by atoms with Crippen LogP contribution in [0.1, 0.15) is 29.3 Å². The maximum atomic E-state index is 11.6. The van der Waals surface area contributed by atoms with E-state index in [1.54, 1.807) is 0 Å². The van der Waals surface area contributed by atoms with Gasteiger partial charge in [0.2, 0.25) is 0 Å². The molecule has 0 aromatic carbocycles. The van der Waals surface area contributed by atoms with Crippen molar-refractivity contribution in [3.63, 3.8) is 0 Å². The van der Waals surface area contributed by atoms with E-state index in [0.29, 0.717) is 5.69 Å². The maximum absolute atomic E-state index is 11.6. The zero-order valence-electron chi connectivity index (χ0n) is 9.97. The third-order valence-electron chi connectivity index (χ3n) is 3.74. The number of hydrogen-bond donors (Lipinski definition) is 2. The van der Waals surface area contributed by atoms with Crippen LogP contribution >= 0.6 is 0 Å². The van der Waals surface area contributed by atoms with E-state index in [1.807, 2.05) is 12.2 Å². The Balaban J connectivity index is 2.01. The van der Waals surface area contributed by atoms with Crippen molar-refractivity contribution in [3.8, 4) is 0 Å². The highest BCUT2D eigenvalue weighted by atomic mass is 16.4. The van der Waals surface area contributed by atoms with Crippen molar-refractivity contribution >= 4 is 12.0 Å². The van der Waals surface area contributed by atoms with Crippen molar-refractivity contribution in [1.82, 2.24) is 15.3 Å². The molecular formula is C13H15N3O2. The van der Waals surface area contributed by atoms with Crippen molar-refractivity contribution < 1.29 is 9.90 Å². The number of carboxylic acids is 1. The molecule has 94 valence electrons. The quantitative estimate of drug-likeness (QED) is 0.824. The normalized spacial score (nSPS) is 23.0. The Morgan fingerprint density at radius 3 is 3.11 bits per heavy atom. The van der Waals surface area contributed by atoms with Crippen LogP contribution in [0.5, 0.6) is 0 Å². The van der Waals surface area contributed by atoms with Gasteiger partial charge in [0.1, 0.15) is 12.2 Å². The molecule has 0 spiro atoms. The van der Waals surface area contributed by atoms with Gasteiger partial charge in [0.05, 0.1) is 11.4 Å². The molecule has 1 aromatic rings. The van der Waals surface area contributed by atoms with E-state index in [1.165, 1.54) is 6.33 Å². The lowest BCUT2D eigenvalue weighted by atomic mass is 9.86. The van der Waals surface area contributed by atoms with E-state index in [4.69, 9.17) is 0 Å². The number of nitrogens with one attached hydrogen (secondary N) is 1. The highest BCUT2D eigenvalue weighted by Gasteiger charge is 2.35. The molecule has 5 heteroatoms. The zero-order valence-corrected chi connectivity index (χ0v) is 9.97. The van der Waals surface area contributed by atoms with Crippen molar-refractivity contribution in [1.29, 1.82) is 0 Å². The Kier molecular flexibility index (Phi) is 2.83. The van der Waals surface area contributed by atoms with E-state index in [-0.39, 0.29) is 5.92 Å². The molecule has 0 saturated carbocycles. The first-order valence-electron chi connectivity index (χ1n) is 6.21. The lowest BCUT2D eigenvalue weighted by Gasteiger charge is -2.20. The molecule has 2 atom stereocenters. The summed E-state index contributed by atoms with van der Waals surface area (Å²) in [6.07, 6.45) is 7.06. The van der Waals surface area contributed by atoms with Gasteiger partial charge in [-0.25, -0.2) is 9.97 Å². The van der Waals surface area contributed by atoms with Crippen LogP contribution in [-0.2, 0) is 11.2 Å². The fourth-order valence-electron chi connectivity index (χ4n) is 2.85. The van der Waals surface area contributed by atoms with Gasteiger partial charge < -0.3 is 10.4 Å². The number of hydrogen-bond acceptors (Lipinski definition) is 4. The summed E-state index contributed by atoms with van der Waals surface area (Å²) >= 11 is 0. The number of nitrogens with zero attached hydrogens (tertiary/aromatic N) is 2. The standard InChI is InChI=1S/C13H15N3O2/c17-13(18)11(8-4-5-14-6-8)12-9-2-1-3-10(9)15-7-16-12/h1,3,7-8,11,14H,2,4-6H2,(H,17,18). The van der Waals surface area contributed by atoms with Gasteiger partial charge in [-0.2, -0.15) is 0 Å². The summed E-state index contributed by atoms with van der Waals surface area (Å²) in [6, 6.07) is 0. The van der Waals surface area contributed by atoms with E-state index in [9.17, 15) is 9.90 Å². The third kappa shape index (κ3) is 1.80. The van der Waals surface area contributed by atoms with Crippen LogP contribution in [0.4, 0.5) is 0 Å². The van der Waals surface area contributed by atoms with Crippen LogP contribution in [0.3, 0.4) is 0 Å². The Morgan fingerprint density at radius 2 is 2.39 bits per heavy atom. The molecule has 2 unspecified atom stereocenters. The van der Waals surface area contributed by atoms with Gasteiger partial charge in [0, 0.05) is 5.56 Å². The predicted octanol–water partition coefficient (Wildman–Crippen LogP) is 0.824. The minimum Gasteiger partial charge on any atom is -0.481 e. The van der Waals surface area contributed by atoms with Crippen LogP contribution < -0.4 is 5.32 Å². The van der Waals surface area contributed by atoms with Crippen molar-refractivity contribution in [2.75, 3.05) is 13.1 Å². The number of rotatable bonds is 3. The number of allylic oxidation sites excluding steroid dienone is 1. The van der Waals surface area contributed by atoms with Gasteiger partial charge in [0.25, 0.3) is 0 Å². The molecule has 1 aromatic heterocycles. The van der Waals surface area contributed by atoms with Crippen molar-refractivity contribution in [2.24, 2.45) is 5.92 Å². The number of carbonyl (C=O) groups is 1. The van der Waals surface area contributed by atoms with Crippen LogP contribution in [0.25, 0.3) is 6.08 Å². The van der Waals surface area contributed by atoms with E-state index in [0.717, 1.165) is 37.2 Å². The van der Waals surface area contributed by atoms with Crippen molar-refractivity contribution in [2.45, 2.75) is 18.8 Å². The molecule has 18 heavy (non-hydrogen) atoms. The van der Waals surface area contributed by atoms with E-state index < -0.39 is 11.9 Å². The van der Waals surface area contributed by atoms with Gasteiger partial charge in [-0.05, 0) is 37.9 Å². The second-order valence-electron chi connectivity index (χ2n) is 4.80. The maximum Gasteiger partial charge on any atom is 0.312 e. The minimum absolute atomic E-state index is 0.127. The first kappa shape index (κ1) is 11.3. The lowest BCUT2D eigenvalue weighted by molar-refractivity contribution is -0.140. The molecule has 1 saturated heterocycles. The Morgan fingerprint density at radius 1 is 1.50 bits per heavy atom. The topological polar surface area (TPSA) is 75.1 Å². The highest BCUT2D eigenvalue weighted by Crippen LogP contribution is 2.33. The molecule has 1 fully saturated rings. The average Bonchev–Trinajstić information content (AvgIpc) is 2.98.